The minimum absolute atomic E-state index is 0.0483. The molecule has 2 atom stereocenters. The van der Waals surface area contributed by atoms with Gasteiger partial charge in [0.05, 0.1) is 60.3 Å². The number of rotatable bonds is 11. The third-order valence-corrected chi connectivity index (χ3v) is 8.43. The Hall–Kier alpha value is -3.32. The Kier molecular flexibility index (Phi) is 9.17. The number of ether oxygens (including phenoxy) is 1. The molecule has 1 saturated carbocycles. The fraction of sp³-hybridized carbons (Fsp3) is 0.552. The van der Waals surface area contributed by atoms with Crippen LogP contribution in [0.25, 0.3) is 11.0 Å². The normalized spacial score (nSPS) is 19.7. The van der Waals surface area contributed by atoms with Crippen molar-refractivity contribution in [3.63, 3.8) is 0 Å². The molecule has 0 radical (unpaired) electrons. The zero-order valence-corrected chi connectivity index (χ0v) is 25.3. The SMILES string of the molecule is CC(C)(OCCOP(C)(C)=O)c1cnc(N(CC2CCC[C@](C)(Cn3cnc4ccc(C#N)cc43)C2)C(=O)O)cn1. The molecule has 0 bridgehead atoms. The summed E-state index contributed by atoms with van der Waals surface area (Å²) in [5.41, 5.74) is 2.11. The number of amides is 1. The van der Waals surface area contributed by atoms with Crippen LogP contribution in [0.1, 0.15) is 57.7 Å². The maximum absolute atomic E-state index is 12.3. The van der Waals surface area contributed by atoms with Crippen molar-refractivity contribution in [3.05, 3.63) is 48.2 Å². The lowest BCUT2D eigenvalue weighted by atomic mass is 9.70. The number of hydrogen-bond acceptors (Lipinski definition) is 8. The quantitative estimate of drug-likeness (QED) is 0.216. The lowest BCUT2D eigenvalue weighted by Gasteiger charge is -2.39. The number of fused-ring (bicyclic) bond motifs is 1. The number of benzene rings is 1. The molecule has 1 N–H and O–H groups in total. The van der Waals surface area contributed by atoms with Gasteiger partial charge in [0.2, 0.25) is 0 Å². The molecule has 2 heterocycles. The van der Waals surface area contributed by atoms with Crippen LogP contribution in [-0.2, 0) is 26.0 Å². The number of nitriles is 1. The van der Waals surface area contributed by atoms with E-state index in [1.807, 2.05) is 32.3 Å². The molecule has 1 aliphatic carbocycles. The van der Waals surface area contributed by atoms with Gasteiger partial charge in [-0.2, -0.15) is 5.26 Å². The van der Waals surface area contributed by atoms with Crippen LogP contribution in [0, 0.1) is 22.7 Å². The molecule has 1 aliphatic rings. The molecule has 1 unspecified atom stereocenters. The molecule has 4 rings (SSSR count). The van der Waals surface area contributed by atoms with E-state index in [9.17, 15) is 19.7 Å². The molecule has 3 aromatic rings. The number of anilines is 1. The summed E-state index contributed by atoms with van der Waals surface area (Å²) in [6.07, 6.45) is 7.58. The Bertz CT molecular complexity index is 1460. The van der Waals surface area contributed by atoms with Crippen LogP contribution in [0.2, 0.25) is 0 Å². The lowest BCUT2D eigenvalue weighted by molar-refractivity contribution is -0.0363. The van der Waals surface area contributed by atoms with Crippen LogP contribution in [0.4, 0.5) is 10.6 Å². The molecule has 0 spiro atoms. The van der Waals surface area contributed by atoms with E-state index >= 15 is 0 Å². The zero-order valence-electron chi connectivity index (χ0n) is 24.4. The van der Waals surface area contributed by atoms with Gasteiger partial charge in [-0.05, 0) is 62.6 Å². The second kappa shape index (κ2) is 12.3. The van der Waals surface area contributed by atoms with Crippen molar-refractivity contribution < 1.29 is 23.7 Å². The second-order valence-electron chi connectivity index (χ2n) is 12.1. The van der Waals surface area contributed by atoms with Gasteiger partial charge < -0.3 is 18.9 Å². The fourth-order valence-corrected chi connectivity index (χ4v) is 6.12. The van der Waals surface area contributed by atoms with Crippen LogP contribution in [0.5, 0.6) is 0 Å². The largest absolute Gasteiger partial charge is 0.465 e. The Labute approximate surface area is 241 Å². The Morgan fingerprint density at radius 1 is 1.27 bits per heavy atom. The van der Waals surface area contributed by atoms with Gasteiger partial charge in [0.25, 0.3) is 0 Å². The Balaban J connectivity index is 1.41. The number of hydrogen-bond donors (Lipinski definition) is 1. The van der Waals surface area contributed by atoms with E-state index in [4.69, 9.17) is 9.26 Å². The van der Waals surface area contributed by atoms with Crippen molar-refractivity contribution in [2.75, 3.05) is 38.0 Å². The van der Waals surface area contributed by atoms with Crippen molar-refractivity contribution in [1.82, 2.24) is 19.5 Å². The molecule has 0 saturated heterocycles. The first kappa shape index (κ1) is 30.6. The third-order valence-electron chi connectivity index (χ3n) is 7.63. The van der Waals surface area contributed by atoms with E-state index in [1.165, 1.54) is 11.1 Å². The number of imidazole rings is 1. The van der Waals surface area contributed by atoms with E-state index in [0.29, 0.717) is 17.8 Å². The summed E-state index contributed by atoms with van der Waals surface area (Å²) < 4.78 is 25.0. The van der Waals surface area contributed by atoms with E-state index in [0.717, 1.165) is 43.3 Å². The van der Waals surface area contributed by atoms with E-state index < -0.39 is 19.1 Å². The number of nitrogens with zero attached hydrogens (tertiary/aromatic N) is 6. The highest BCUT2D eigenvalue weighted by molar-refractivity contribution is 7.57. The first-order chi connectivity index (χ1) is 19.3. The van der Waals surface area contributed by atoms with Crippen molar-refractivity contribution in [1.29, 1.82) is 5.26 Å². The van der Waals surface area contributed by atoms with Crippen LogP contribution in [0.3, 0.4) is 0 Å². The van der Waals surface area contributed by atoms with E-state index in [2.05, 4.69) is 32.5 Å². The fourth-order valence-electron chi connectivity index (χ4n) is 5.61. The standard InChI is InChI=1S/C29H39N6O5P/c1-28(2,39-11-12-40-41(4,5)38)25-16-32-26(17-31-25)35(27(36)37)18-22-7-6-10-29(3,14-22)19-34-20-33-23-9-8-21(15-30)13-24(23)34/h8-9,13,16-17,20,22H,6-7,10-12,14,18-19H2,1-5H3,(H,36,37)/t22?,29-/m0/s1. The predicted molar refractivity (Wildman–Crippen MR) is 156 cm³/mol. The summed E-state index contributed by atoms with van der Waals surface area (Å²) in [5.74, 6) is 0.430. The summed E-state index contributed by atoms with van der Waals surface area (Å²) in [6.45, 7) is 10.5. The molecular formula is C29H39N6O5P. The van der Waals surface area contributed by atoms with Gasteiger partial charge in [-0.3, -0.25) is 14.4 Å². The average Bonchev–Trinajstić information content (AvgIpc) is 3.30. The van der Waals surface area contributed by atoms with Crippen molar-refractivity contribution >= 4 is 30.3 Å². The monoisotopic (exact) mass is 582 g/mol. The second-order valence-corrected chi connectivity index (χ2v) is 14.8. The van der Waals surface area contributed by atoms with Gasteiger partial charge in [-0.15, -0.1) is 0 Å². The molecule has 11 nitrogen and oxygen atoms in total. The highest BCUT2D eigenvalue weighted by Crippen LogP contribution is 2.42. The maximum atomic E-state index is 12.3. The third kappa shape index (κ3) is 7.91. The highest BCUT2D eigenvalue weighted by atomic mass is 31.2. The molecule has 1 aromatic carbocycles. The summed E-state index contributed by atoms with van der Waals surface area (Å²) >= 11 is 0. The van der Waals surface area contributed by atoms with Crippen LogP contribution < -0.4 is 4.90 Å². The molecule has 2 aromatic heterocycles. The first-order valence-corrected chi connectivity index (χ1v) is 16.3. The van der Waals surface area contributed by atoms with Crippen LogP contribution in [0.15, 0.2) is 36.9 Å². The Morgan fingerprint density at radius 3 is 2.71 bits per heavy atom. The van der Waals surface area contributed by atoms with E-state index in [1.54, 1.807) is 25.6 Å². The number of aromatic nitrogens is 4. The van der Waals surface area contributed by atoms with E-state index in [-0.39, 0.29) is 30.4 Å². The van der Waals surface area contributed by atoms with Gasteiger partial charge in [0.1, 0.15) is 5.60 Å². The molecule has 12 heteroatoms. The summed E-state index contributed by atoms with van der Waals surface area (Å²) in [7, 11) is -2.58. The zero-order chi connectivity index (χ0) is 29.8. The summed E-state index contributed by atoms with van der Waals surface area (Å²) in [5, 5.41) is 19.4. The topological polar surface area (TPSA) is 143 Å². The average molecular weight is 583 g/mol. The predicted octanol–water partition coefficient (Wildman–Crippen LogP) is 5.89. The van der Waals surface area contributed by atoms with Crippen molar-refractivity contribution in [2.45, 2.75) is 58.6 Å². The first-order valence-electron chi connectivity index (χ1n) is 13.8. The van der Waals surface area contributed by atoms with Gasteiger partial charge in [0.15, 0.2) is 13.2 Å². The molecule has 1 amide bonds. The minimum atomic E-state index is -2.58. The van der Waals surface area contributed by atoms with Crippen molar-refractivity contribution in [3.8, 4) is 6.07 Å². The van der Waals surface area contributed by atoms with Gasteiger partial charge in [-0.1, -0.05) is 13.3 Å². The number of carboxylic acid groups (broad SMARTS) is 1. The van der Waals surface area contributed by atoms with Crippen LogP contribution >= 0.6 is 7.37 Å². The van der Waals surface area contributed by atoms with Crippen LogP contribution in [-0.4, -0.2) is 63.8 Å². The van der Waals surface area contributed by atoms with Gasteiger partial charge >= 0.3 is 6.09 Å². The maximum Gasteiger partial charge on any atom is 0.413 e. The highest BCUT2D eigenvalue weighted by Gasteiger charge is 2.35. The molecular weight excluding hydrogens is 543 g/mol. The van der Waals surface area contributed by atoms with Gasteiger partial charge in [0, 0.05) is 26.4 Å². The summed E-state index contributed by atoms with van der Waals surface area (Å²) in [6, 6.07) is 7.71. The number of carbonyl (C=O) groups is 1. The molecule has 220 valence electrons. The molecule has 41 heavy (non-hydrogen) atoms. The molecule has 0 aliphatic heterocycles. The smallest absolute Gasteiger partial charge is 0.413 e. The summed E-state index contributed by atoms with van der Waals surface area (Å²) in [4.78, 5) is 27.0. The van der Waals surface area contributed by atoms with Crippen molar-refractivity contribution in [2.24, 2.45) is 11.3 Å². The molecule has 1 fully saturated rings. The minimum Gasteiger partial charge on any atom is -0.465 e. The Morgan fingerprint density at radius 2 is 2.05 bits per heavy atom. The van der Waals surface area contributed by atoms with Gasteiger partial charge in [-0.25, -0.2) is 14.8 Å². The lowest BCUT2D eigenvalue weighted by Crippen LogP contribution is -2.39.